The number of amides is 1. The summed E-state index contributed by atoms with van der Waals surface area (Å²) in [6, 6.07) is 8.37. The van der Waals surface area contributed by atoms with Crippen LogP contribution in [0.3, 0.4) is 0 Å². The van der Waals surface area contributed by atoms with E-state index >= 15 is 0 Å². The van der Waals surface area contributed by atoms with Gasteiger partial charge in [-0.3, -0.25) is 9.48 Å². The molecule has 0 saturated carbocycles. The number of esters is 1. The van der Waals surface area contributed by atoms with E-state index in [-0.39, 0.29) is 17.9 Å². The van der Waals surface area contributed by atoms with Gasteiger partial charge < -0.3 is 9.47 Å². The second-order valence-electron chi connectivity index (χ2n) is 4.41. The Labute approximate surface area is 131 Å². The van der Waals surface area contributed by atoms with E-state index in [4.69, 9.17) is 10.3 Å². The third kappa shape index (κ3) is 3.66. The molecule has 0 bridgehead atoms. The van der Waals surface area contributed by atoms with Crippen molar-refractivity contribution in [1.29, 1.82) is 0 Å². The van der Waals surface area contributed by atoms with E-state index in [1.54, 1.807) is 31.4 Å². The molecule has 0 unspecified atom stereocenters. The highest BCUT2D eigenvalue weighted by Gasteiger charge is 2.19. The lowest BCUT2D eigenvalue weighted by atomic mass is 10.2. The smallest absolute Gasteiger partial charge is 0.356 e. The van der Waals surface area contributed by atoms with Crippen molar-refractivity contribution < 1.29 is 19.1 Å². The lowest BCUT2D eigenvalue weighted by Gasteiger charge is -2.07. The summed E-state index contributed by atoms with van der Waals surface area (Å²) in [6.45, 7) is 0.234. The predicted octanol–water partition coefficient (Wildman–Crippen LogP) is 2.18. The van der Waals surface area contributed by atoms with E-state index in [1.807, 2.05) is 0 Å². The highest BCUT2D eigenvalue weighted by atomic mass is 16.5. The number of carbonyl (C=O) groups excluding carboxylic acids is 2. The fourth-order valence-corrected chi connectivity index (χ4v) is 1.91. The van der Waals surface area contributed by atoms with Crippen molar-refractivity contribution in [2.45, 2.75) is 6.54 Å². The molecule has 0 aliphatic carbocycles. The molecule has 0 fully saturated rings. The summed E-state index contributed by atoms with van der Waals surface area (Å²) in [5.41, 5.74) is 9.10. The molecule has 0 saturated heterocycles. The number of nitrogens with zero attached hydrogens (tertiary/aromatic N) is 5. The Hall–Kier alpha value is -3.32. The van der Waals surface area contributed by atoms with Crippen LogP contribution in [0.1, 0.15) is 26.5 Å². The maximum absolute atomic E-state index is 11.8. The predicted molar refractivity (Wildman–Crippen MR) is 79.1 cm³/mol. The first-order valence-electron chi connectivity index (χ1n) is 6.47. The summed E-state index contributed by atoms with van der Waals surface area (Å²) in [7, 11) is 2.79. The van der Waals surface area contributed by atoms with E-state index in [0.717, 1.165) is 5.56 Å². The third-order valence-electron chi connectivity index (χ3n) is 3.02. The van der Waals surface area contributed by atoms with Crippen LogP contribution in [0.25, 0.3) is 10.4 Å². The highest BCUT2D eigenvalue weighted by Crippen LogP contribution is 2.14. The number of benzene rings is 1. The van der Waals surface area contributed by atoms with Crippen LogP contribution < -0.4 is 4.74 Å². The van der Waals surface area contributed by atoms with Crippen molar-refractivity contribution in [2.75, 3.05) is 14.2 Å². The first-order chi connectivity index (χ1) is 11.1. The maximum Gasteiger partial charge on any atom is 0.356 e. The van der Waals surface area contributed by atoms with Gasteiger partial charge >= 0.3 is 5.97 Å². The van der Waals surface area contributed by atoms with Crippen LogP contribution in [0.2, 0.25) is 0 Å². The van der Waals surface area contributed by atoms with Crippen molar-refractivity contribution in [3.05, 3.63) is 57.7 Å². The van der Waals surface area contributed by atoms with E-state index in [0.29, 0.717) is 5.75 Å². The number of hydrogen-bond donors (Lipinski definition) is 0. The Morgan fingerprint density at radius 1 is 1.30 bits per heavy atom. The normalized spacial score (nSPS) is 9.83. The molecule has 1 aromatic heterocycles. The molecule has 9 heteroatoms. The number of hydrogen-bond acceptors (Lipinski definition) is 5. The Balaban J connectivity index is 2.36. The molecule has 118 valence electrons. The molecule has 23 heavy (non-hydrogen) atoms. The lowest BCUT2D eigenvalue weighted by molar-refractivity contribution is 0.0587. The van der Waals surface area contributed by atoms with Crippen LogP contribution in [0, 0.1) is 0 Å². The van der Waals surface area contributed by atoms with Crippen LogP contribution in [0.4, 0.5) is 0 Å². The Morgan fingerprint density at radius 3 is 2.57 bits per heavy atom. The molecule has 2 aromatic rings. The van der Waals surface area contributed by atoms with Crippen LogP contribution in [0.5, 0.6) is 5.75 Å². The molecular weight excluding hydrogens is 302 g/mol. The van der Waals surface area contributed by atoms with Gasteiger partial charge in [-0.15, -0.1) is 0 Å². The van der Waals surface area contributed by atoms with E-state index < -0.39 is 11.9 Å². The summed E-state index contributed by atoms with van der Waals surface area (Å²) in [5, 5.41) is 6.97. The van der Waals surface area contributed by atoms with Crippen molar-refractivity contribution in [1.82, 2.24) is 9.78 Å². The van der Waals surface area contributed by atoms with Gasteiger partial charge in [0.25, 0.3) is 5.91 Å². The van der Waals surface area contributed by atoms with Crippen molar-refractivity contribution in [3.63, 3.8) is 0 Å². The molecule has 2 rings (SSSR count). The zero-order chi connectivity index (χ0) is 16.8. The van der Waals surface area contributed by atoms with E-state index in [1.165, 1.54) is 17.9 Å². The molecular formula is C14H13N5O4. The quantitative estimate of drug-likeness (QED) is 0.362. The fraction of sp³-hybridized carbons (Fsp3) is 0.214. The number of azide groups is 1. The zero-order valence-electron chi connectivity index (χ0n) is 12.5. The minimum atomic E-state index is -0.869. The third-order valence-corrected chi connectivity index (χ3v) is 3.02. The second kappa shape index (κ2) is 7.10. The molecule has 0 radical (unpaired) electrons. The molecule has 0 atom stereocenters. The van der Waals surface area contributed by atoms with E-state index in [9.17, 15) is 9.59 Å². The molecule has 1 amide bonds. The molecule has 0 N–H and O–H groups in total. The average molecular weight is 315 g/mol. The van der Waals surface area contributed by atoms with Crippen LogP contribution in [0.15, 0.2) is 35.4 Å². The standard InChI is InChI=1S/C14H13N5O4/c1-22-10-5-3-9(4-6-10)8-19-12(14(21)23-2)7-11(17-19)13(20)16-18-15/h3-7H,8H2,1-2H3. The summed E-state index contributed by atoms with van der Waals surface area (Å²) in [4.78, 5) is 25.8. The highest BCUT2D eigenvalue weighted by molar-refractivity contribution is 5.96. The summed E-state index contributed by atoms with van der Waals surface area (Å²) in [5.74, 6) is -0.821. The number of ether oxygens (including phenoxy) is 2. The molecule has 1 aromatic carbocycles. The van der Waals surface area contributed by atoms with Gasteiger partial charge in [-0.25, -0.2) is 4.79 Å². The lowest BCUT2D eigenvalue weighted by Crippen LogP contribution is -2.12. The van der Waals surface area contributed by atoms with Crippen molar-refractivity contribution in [2.24, 2.45) is 5.11 Å². The maximum atomic E-state index is 11.8. The first-order valence-corrected chi connectivity index (χ1v) is 6.47. The van der Waals surface area contributed by atoms with Crippen molar-refractivity contribution >= 4 is 11.9 Å². The number of methoxy groups -OCH3 is 2. The Kier molecular flexibility index (Phi) is 4.96. The minimum absolute atomic E-state index is 0.0832. The Bertz CT molecular complexity index is 775. The van der Waals surface area contributed by atoms with E-state index in [2.05, 4.69) is 19.9 Å². The summed E-state index contributed by atoms with van der Waals surface area (Å²) in [6.07, 6.45) is 0. The topological polar surface area (TPSA) is 119 Å². The number of rotatable bonds is 5. The zero-order valence-corrected chi connectivity index (χ0v) is 12.5. The molecule has 0 spiro atoms. The van der Waals surface area contributed by atoms with Gasteiger partial charge in [0, 0.05) is 11.0 Å². The monoisotopic (exact) mass is 315 g/mol. The Morgan fingerprint density at radius 2 is 2.00 bits per heavy atom. The van der Waals surface area contributed by atoms with Gasteiger partial charge in [0.2, 0.25) is 0 Å². The summed E-state index contributed by atoms with van der Waals surface area (Å²) < 4.78 is 11.1. The largest absolute Gasteiger partial charge is 0.497 e. The van der Waals surface area contributed by atoms with Crippen LogP contribution >= 0.6 is 0 Å². The SMILES string of the molecule is COC(=O)c1cc(C(=O)N=[N+]=[N-])nn1Cc1ccc(OC)cc1. The van der Waals surface area contributed by atoms with Gasteiger partial charge in [-0.1, -0.05) is 12.1 Å². The summed E-state index contributed by atoms with van der Waals surface area (Å²) >= 11 is 0. The average Bonchev–Trinajstić information content (AvgIpc) is 2.99. The fourth-order valence-electron chi connectivity index (χ4n) is 1.91. The molecule has 0 aliphatic heterocycles. The van der Waals surface area contributed by atoms with Gasteiger partial charge in [-0.2, -0.15) is 5.10 Å². The van der Waals surface area contributed by atoms with Crippen molar-refractivity contribution in [3.8, 4) is 5.75 Å². The van der Waals surface area contributed by atoms with Gasteiger partial charge in [0.1, 0.15) is 17.1 Å². The van der Waals surface area contributed by atoms with Gasteiger partial charge in [-0.05, 0) is 28.3 Å². The molecule has 9 nitrogen and oxygen atoms in total. The molecule has 1 heterocycles. The minimum Gasteiger partial charge on any atom is -0.497 e. The van der Waals surface area contributed by atoms with Crippen LogP contribution in [-0.4, -0.2) is 35.9 Å². The van der Waals surface area contributed by atoms with Crippen LogP contribution in [-0.2, 0) is 11.3 Å². The molecule has 0 aliphatic rings. The first kappa shape index (κ1) is 16.1. The van der Waals surface area contributed by atoms with Gasteiger partial charge in [0.15, 0.2) is 0 Å². The van der Waals surface area contributed by atoms with Gasteiger partial charge in [0.05, 0.1) is 20.8 Å². The second-order valence-corrected chi connectivity index (χ2v) is 4.41. The number of aromatic nitrogens is 2. The number of carbonyl (C=O) groups is 2.